The molecular weight excluding hydrogens is 289 g/mol. The van der Waals surface area contributed by atoms with Gasteiger partial charge in [-0.1, -0.05) is 0 Å². The van der Waals surface area contributed by atoms with E-state index in [0.717, 1.165) is 18.3 Å². The molecule has 2 rings (SSSR count). The van der Waals surface area contributed by atoms with Crippen LogP contribution in [0.3, 0.4) is 0 Å². The van der Waals surface area contributed by atoms with E-state index in [2.05, 4.69) is 4.98 Å². The van der Waals surface area contributed by atoms with Gasteiger partial charge in [-0.3, -0.25) is 9.78 Å². The SMILES string of the molecule is O=C(c1ccc(C(F)(F)F)nc1)N1CC[C@H](CO)[C@H](O)C1. The van der Waals surface area contributed by atoms with Crippen LogP contribution in [-0.4, -0.2) is 51.8 Å². The summed E-state index contributed by atoms with van der Waals surface area (Å²) in [7, 11) is 0. The van der Waals surface area contributed by atoms with E-state index in [-0.39, 0.29) is 24.6 Å². The highest BCUT2D eigenvalue weighted by molar-refractivity contribution is 5.94. The standard InChI is InChI=1S/C13H15F3N2O3/c14-13(15,16)11-2-1-8(5-17-11)12(21)18-4-3-9(7-19)10(20)6-18/h1-2,5,9-10,19-20H,3-4,6-7H2/t9-,10-/m1/s1. The number of likely N-dealkylation sites (tertiary alicyclic amines) is 1. The molecule has 1 aromatic rings. The van der Waals surface area contributed by atoms with E-state index < -0.39 is 23.9 Å². The number of aliphatic hydroxyl groups excluding tert-OH is 2. The largest absolute Gasteiger partial charge is 0.433 e. The number of piperidine rings is 1. The average Bonchev–Trinajstić information content (AvgIpc) is 2.45. The highest BCUT2D eigenvalue weighted by atomic mass is 19.4. The van der Waals surface area contributed by atoms with Gasteiger partial charge in [-0.25, -0.2) is 0 Å². The van der Waals surface area contributed by atoms with Crippen LogP contribution in [0.4, 0.5) is 13.2 Å². The molecule has 0 saturated carbocycles. The van der Waals surface area contributed by atoms with Crippen LogP contribution in [0.5, 0.6) is 0 Å². The molecule has 0 aliphatic carbocycles. The second kappa shape index (κ2) is 5.98. The minimum Gasteiger partial charge on any atom is -0.396 e. The molecule has 2 N–H and O–H groups in total. The fourth-order valence-electron chi connectivity index (χ4n) is 2.25. The molecule has 0 radical (unpaired) electrons. The predicted molar refractivity (Wildman–Crippen MR) is 66.3 cm³/mol. The molecule has 1 fully saturated rings. The number of amides is 1. The quantitative estimate of drug-likeness (QED) is 0.852. The van der Waals surface area contributed by atoms with Gasteiger partial charge in [0.2, 0.25) is 0 Å². The number of nitrogens with zero attached hydrogens (tertiary/aromatic N) is 2. The Balaban J connectivity index is 2.07. The number of aliphatic hydroxyl groups is 2. The summed E-state index contributed by atoms with van der Waals surface area (Å²) in [4.78, 5) is 16.7. The van der Waals surface area contributed by atoms with E-state index in [0.29, 0.717) is 13.0 Å². The average molecular weight is 304 g/mol. The lowest BCUT2D eigenvalue weighted by Gasteiger charge is -2.35. The van der Waals surface area contributed by atoms with E-state index in [1.165, 1.54) is 4.90 Å². The molecule has 0 bridgehead atoms. The van der Waals surface area contributed by atoms with E-state index in [1.54, 1.807) is 0 Å². The Morgan fingerprint density at radius 1 is 1.43 bits per heavy atom. The fourth-order valence-corrected chi connectivity index (χ4v) is 2.25. The Bertz CT molecular complexity index is 504. The Morgan fingerprint density at radius 3 is 2.62 bits per heavy atom. The van der Waals surface area contributed by atoms with Crippen molar-refractivity contribution in [2.45, 2.75) is 18.7 Å². The first-order chi connectivity index (χ1) is 9.82. The van der Waals surface area contributed by atoms with Crippen molar-refractivity contribution < 1.29 is 28.2 Å². The van der Waals surface area contributed by atoms with Crippen LogP contribution in [0.1, 0.15) is 22.5 Å². The number of rotatable bonds is 2. The monoisotopic (exact) mass is 304 g/mol. The van der Waals surface area contributed by atoms with Gasteiger partial charge in [-0.05, 0) is 18.6 Å². The topological polar surface area (TPSA) is 73.7 Å². The number of carbonyl (C=O) groups excluding carboxylic acids is 1. The Kier molecular flexibility index (Phi) is 4.48. The van der Waals surface area contributed by atoms with Crippen molar-refractivity contribution in [3.63, 3.8) is 0 Å². The minimum absolute atomic E-state index is 0.0395. The summed E-state index contributed by atoms with van der Waals surface area (Å²) in [5.41, 5.74) is -1.02. The summed E-state index contributed by atoms with van der Waals surface area (Å²) in [6.45, 7) is 0.220. The Morgan fingerprint density at radius 2 is 2.14 bits per heavy atom. The highest BCUT2D eigenvalue weighted by Gasteiger charge is 2.33. The molecule has 1 amide bonds. The Labute approximate surface area is 119 Å². The van der Waals surface area contributed by atoms with Crippen molar-refractivity contribution >= 4 is 5.91 Å². The van der Waals surface area contributed by atoms with Crippen LogP contribution in [-0.2, 0) is 6.18 Å². The van der Waals surface area contributed by atoms with Gasteiger partial charge in [0, 0.05) is 31.8 Å². The minimum atomic E-state index is -4.54. The third-order valence-corrected chi connectivity index (χ3v) is 3.54. The summed E-state index contributed by atoms with van der Waals surface area (Å²) in [6.07, 6.45) is -4.06. The summed E-state index contributed by atoms with van der Waals surface area (Å²) in [5.74, 6) is -0.758. The second-order valence-electron chi connectivity index (χ2n) is 4.98. The number of aromatic nitrogens is 1. The number of alkyl halides is 3. The molecule has 8 heteroatoms. The van der Waals surface area contributed by atoms with Gasteiger partial charge in [0.1, 0.15) is 5.69 Å². The van der Waals surface area contributed by atoms with E-state index >= 15 is 0 Å². The third-order valence-electron chi connectivity index (χ3n) is 3.54. The fraction of sp³-hybridized carbons (Fsp3) is 0.538. The molecule has 21 heavy (non-hydrogen) atoms. The van der Waals surface area contributed by atoms with Crippen molar-refractivity contribution in [1.82, 2.24) is 9.88 Å². The zero-order chi connectivity index (χ0) is 15.6. The molecule has 5 nitrogen and oxygen atoms in total. The maximum atomic E-state index is 12.4. The second-order valence-corrected chi connectivity index (χ2v) is 4.98. The smallest absolute Gasteiger partial charge is 0.396 e. The number of pyridine rings is 1. The van der Waals surface area contributed by atoms with Crippen molar-refractivity contribution in [3.8, 4) is 0 Å². The zero-order valence-corrected chi connectivity index (χ0v) is 11.0. The van der Waals surface area contributed by atoms with Crippen molar-refractivity contribution in [2.75, 3.05) is 19.7 Å². The molecule has 116 valence electrons. The lowest BCUT2D eigenvalue weighted by Crippen LogP contribution is -2.47. The van der Waals surface area contributed by atoms with Gasteiger partial charge in [-0.2, -0.15) is 13.2 Å². The van der Waals surface area contributed by atoms with Crippen molar-refractivity contribution in [3.05, 3.63) is 29.6 Å². The molecule has 2 atom stereocenters. The predicted octanol–water partition coefficient (Wildman–Crippen LogP) is 0.916. The van der Waals surface area contributed by atoms with Gasteiger partial charge in [0.25, 0.3) is 5.91 Å². The first kappa shape index (κ1) is 15.7. The molecule has 1 aromatic heterocycles. The van der Waals surface area contributed by atoms with Crippen LogP contribution < -0.4 is 0 Å². The highest BCUT2D eigenvalue weighted by Crippen LogP contribution is 2.27. The lowest BCUT2D eigenvalue weighted by molar-refractivity contribution is -0.141. The molecule has 0 unspecified atom stereocenters. The molecule has 0 aromatic carbocycles. The summed E-state index contributed by atoms with van der Waals surface area (Å²) in [5, 5.41) is 18.8. The molecule has 1 aliphatic rings. The lowest BCUT2D eigenvalue weighted by atomic mass is 9.94. The first-order valence-electron chi connectivity index (χ1n) is 6.44. The third kappa shape index (κ3) is 3.51. The molecule has 2 heterocycles. The van der Waals surface area contributed by atoms with Gasteiger partial charge in [0.05, 0.1) is 11.7 Å². The maximum Gasteiger partial charge on any atom is 0.433 e. The summed E-state index contributed by atoms with van der Waals surface area (Å²) < 4.78 is 37.2. The number of halogens is 3. The van der Waals surface area contributed by atoms with Crippen LogP contribution in [0.15, 0.2) is 18.3 Å². The number of hydrogen-bond acceptors (Lipinski definition) is 4. The van der Waals surface area contributed by atoms with Crippen molar-refractivity contribution in [2.24, 2.45) is 5.92 Å². The van der Waals surface area contributed by atoms with Crippen LogP contribution in [0, 0.1) is 5.92 Å². The van der Waals surface area contributed by atoms with Crippen molar-refractivity contribution in [1.29, 1.82) is 0 Å². The number of β-amino-alcohol motifs (C(OH)–C–C–N with tert-alkyl or cyclic N) is 1. The number of carbonyl (C=O) groups is 1. The van der Waals surface area contributed by atoms with Gasteiger partial charge >= 0.3 is 6.18 Å². The first-order valence-corrected chi connectivity index (χ1v) is 6.44. The molecule has 0 spiro atoms. The van der Waals surface area contributed by atoms with Crippen LogP contribution in [0.25, 0.3) is 0 Å². The molecule has 1 aliphatic heterocycles. The van der Waals surface area contributed by atoms with Gasteiger partial charge in [-0.15, -0.1) is 0 Å². The van der Waals surface area contributed by atoms with Gasteiger partial charge in [0.15, 0.2) is 0 Å². The Hall–Kier alpha value is -1.67. The van der Waals surface area contributed by atoms with E-state index in [4.69, 9.17) is 5.11 Å². The van der Waals surface area contributed by atoms with Crippen LogP contribution >= 0.6 is 0 Å². The molecule has 1 saturated heterocycles. The normalized spacial score (nSPS) is 23.2. The van der Waals surface area contributed by atoms with Crippen LogP contribution in [0.2, 0.25) is 0 Å². The zero-order valence-electron chi connectivity index (χ0n) is 11.0. The maximum absolute atomic E-state index is 12.4. The summed E-state index contributed by atoms with van der Waals surface area (Å²) in [6, 6.07) is 1.83. The molecular formula is C13H15F3N2O3. The van der Waals surface area contributed by atoms with E-state index in [9.17, 15) is 23.1 Å². The van der Waals surface area contributed by atoms with Gasteiger partial charge < -0.3 is 15.1 Å². The van der Waals surface area contributed by atoms with E-state index in [1.807, 2.05) is 0 Å². The summed E-state index contributed by atoms with van der Waals surface area (Å²) >= 11 is 0. The number of hydrogen-bond donors (Lipinski definition) is 2.